The van der Waals surface area contributed by atoms with Gasteiger partial charge in [-0.3, -0.25) is 10.4 Å². The standard InChI is InChI=1S/C23H26N4O2/c1-29-19-7-8-22-21(15-19)20(9-11-25-22)17-10-12-27(26-23(24)28)18(14-17)13-16-5-3-2-4-6-16/h2-9,11,15,17-18H,10,12-14H2,1H3,(H3,24,26,28). The van der Waals surface area contributed by atoms with Gasteiger partial charge in [0.1, 0.15) is 5.75 Å². The second-order valence-corrected chi connectivity index (χ2v) is 7.52. The first-order chi connectivity index (χ1) is 14.1. The number of amides is 2. The zero-order valence-corrected chi connectivity index (χ0v) is 16.5. The number of carbonyl (C=O) groups excluding carboxylic acids is 1. The molecule has 0 aliphatic carbocycles. The quantitative estimate of drug-likeness (QED) is 0.697. The number of ether oxygens (including phenoxy) is 1. The van der Waals surface area contributed by atoms with Crippen molar-refractivity contribution in [1.82, 2.24) is 15.4 Å². The van der Waals surface area contributed by atoms with Crippen LogP contribution in [0.15, 0.2) is 60.8 Å². The van der Waals surface area contributed by atoms with Gasteiger partial charge in [0.05, 0.1) is 12.6 Å². The minimum atomic E-state index is -0.513. The first-order valence-electron chi connectivity index (χ1n) is 9.93. The number of primary amides is 1. The molecule has 1 saturated heterocycles. The maximum absolute atomic E-state index is 11.5. The van der Waals surface area contributed by atoms with Crippen LogP contribution in [0.5, 0.6) is 5.75 Å². The molecule has 3 N–H and O–H groups in total. The molecule has 4 rings (SSSR count). The van der Waals surface area contributed by atoms with Gasteiger partial charge < -0.3 is 10.5 Å². The van der Waals surface area contributed by atoms with Crippen molar-refractivity contribution in [2.24, 2.45) is 5.73 Å². The lowest BCUT2D eigenvalue weighted by Crippen LogP contribution is -2.54. The van der Waals surface area contributed by atoms with Gasteiger partial charge in [0.2, 0.25) is 0 Å². The number of hydrazine groups is 1. The van der Waals surface area contributed by atoms with Gasteiger partial charge in [0.15, 0.2) is 0 Å². The van der Waals surface area contributed by atoms with Crippen LogP contribution in [0.1, 0.15) is 29.9 Å². The van der Waals surface area contributed by atoms with Gasteiger partial charge in [0, 0.05) is 24.2 Å². The molecule has 6 nitrogen and oxygen atoms in total. The Labute approximate surface area is 170 Å². The molecule has 1 aliphatic heterocycles. The number of urea groups is 1. The number of aromatic nitrogens is 1. The number of fused-ring (bicyclic) bond motifs is 1. The van der Waals surface area contributed by atoms with Crippen molar-refractivity contribution in [2.45, 2.75) is 31.2 Å². The highest BCUT2D eigenvalue weighted by Crippen LogP contribution is 2.36. The molecule has 6 heteroatoms. The zero-order valence-electron chi connectivity index (χ0n) is 16.5. The molecule has 3 aromatic rings. The Balaban J connectivity index is 1.64. The molecule has 2 amide bonds. The van der Waals surface area contributed by atoms with Gasteiger partial charge >= 0.3 is 6.03 Å². The van der Waals surface area contributed by atoms with E-state index >= 15 is 0 Å². The van der Waals surface area contributed by atoms with Crippen LogP contribution < -0.4 is 15.9 Å². The van der Waals surface area contributed by atoms with Gasteiger partial charge in [-0.2, -0.15) is 0 Å². The predicted octanol–water partition coefficient (Wildman–Crippen LogP) is 3.62. The fraction of sp³-hybridized carbons (Fsp3) is 0.304. The fourth-order valence-corrected chi connectivity index (χ4v) is 4.33. The molecule has 1 fully saturated rings. The predicted molar refractivity (Wildman–Crippen MR) is 114 cm³/mol. The van der Waals surface area contributed by atoms with Gasteiger partial charge in [0.25, 0.3) is 0 Å². The number of nitrogens with one attached hydrogen (secondary N) is 1. The molecule has 2 aromatic carbocycles. The monoisotopic (exact) mass is 390 g/mol. The van der Waals surface area contributed by atoms with Crippen LogP contribution in [-0.4, -0.2) is 35.7 Å². The molecule has 150 valence electrons. The molecule has 0 radical (unpaired) electrons. The molecule has 0 saturated carbocycles. The molecule has 29 heavy (non-hydrogen) atoms. The number of nitrogens with two attached hydrogens (primary N) is 1. The van der Waals surface area contributed by atoms with E-state index < -0.39 is 6.03 Å². The van der Waals surface area contributed by atoms with Crippen LogP contribution in [0, 0.1) is 0 Å². The Morgan fingerprint density at radius 1 is 1.24 bits per heavy atom. The molecule has 0 spiro atoms. The normalized spacial score (nSPS) is 19.8. The highest BCUT2D eigenvalue weighted by molar-refractivity contribution is 5.84. The summed E-state index contributed by atoms with van der Waals surface area (Å²) in [4.78, 5) is 16.0. The van der Waals surface area contributed by atoms with Crippen molar-refractivity contribution in [3.8, 4) is 5.75 Å². The summed E-state index contributed by atoms with van der Waals surface area (Å²) in [7, 11) is 1.68. The number of benzene rings is 2. The Morgan fingerprint density at radius 2 is 2.07 bits per heavy atom. The third-order valence-corrected chi connectivity index (χ3v) is 5.71. The van der Waals surface area contributed by atoms with Crippen LogP contribution in [0.25, 0.3) is 10.9 Å². The highest BCUT2D eigenvalue weighted by Gasteiger charge is 2.31. The summed E-state index contributed by atoms with van der Waals surface area (Å²) in [6, 6.07) is 18.1. The van der Waals surface area contributed by atoms with Crippen LogP contribution in [0.2, 0.25) is 0 Å². The molecule has 1 aliphatic rings. The van der Waals surface area contributed by atoms with Crippen molar-refractivity contribution < 1.29 is 9.53 Å². The van der Waals surface area contributed by atoms with Crippen molar-refractivity contribution in [2.75, 3.05) is 13.7 Å². The minimum Gasteiger partial charge on any atom is -0.497 e. The summed E-state index contributed by atoms with van der Waals surface area (Å²) in [6.07, 6.45) is 4.59. The first-order valence-corrected chi connectivity index (χ1v) is 9.93. The summed E-state index contributed by atoms with van der Waals surface area (Å²) in [6.45, 7) is 0.749. The van der Waals surface area contributed by atoms with E-state index in [2.05, 4.69) is 34.7 Å². The average Bonchev–Trinajstić information content (AvgIpc) is 2.74. The number of nitrogens with zero attached hydrogens (tertiary/aromatic N) is 2. The maximum Gasteiger partial charge on any atom is 0.326 e. The van der Waals surface area contributed by atoms with Crippen LogP contribution >= 0.6 is 0 Å². The Kier molecular flexibility index (Phi) is 5.62. The second kappa shape index (κ2) is 8.49. The number of hydrogen-bond donors (Lipinski definition) is 2. The van der Waals surface area contributed by atoms with E-state index in [1.807, 2.05) is 41.5 Å². The number of rotatable bonds is 5. The van der Waals surface area contributed by atoms with E-state index in [1.54, 1.807) is 7.11 Å². The molecule has 0 bridgehead atoms. The van der Waals surface area contributed by atoms with Gasteiger partial charge in [-0.05, 0) is 60.6 Å². The lowest BCUT2D eigenvalue weighted by atomic mass is 9.82. The molecule has 2 atom stereocenters. The van der Waals surface area contributed by atoms with Crippen LogP contribution in [-0.2, 0) is 6.42 Å². The van der Waals surface area contributed by atoms with E-state index in [0.29, 0.717) is 5.92 Å². The van der Waals surface area contributed by atoms with Crippen molar-refractivity contribution in [3.63, 3.8) is 0 Å². The smallest absolute Gasteiger partial charge is 0.326 e. The average molecular weight is 390 g/mol. The van der Waals surface area contributed by atoms with Crippen LogP contribution in [0.3, 0.4) is 0 Å². The van der Waals surface area contributed by atoms with Crippen LogP contribution in [0.4, 0.5) is 4.79 Å². The van der Waals surface area contributed by atoms with Gasteiger partial charge in [-0.25, -0.2) is 9.80 Å². The maximum atomic E-state index is 11.5. The van der Waals surface area contributed by atoms with E-state index in [-0.39, 0.29) is 6.04 Å². The first kappa shape index (κ1) is 19.2. The number of methoxy groups -OCH3 is 1. The Bertz CT molecular complexity index is 993. The fourth-order valence-electron chi connectivity index (χ4n) is 4.33. The number of carbonyl (C=O) groups is 1. The van der Waals surface area contributed by atoms with E-state index in [1.165, 1.54) is 11.1 Å². The zero-order chi connectivity index (χ0) is 20.2. The highest BCUT2D eigenvalue weighted by atomic mass is 16.5. The Morgan fingerprint density at radius 3 is 2.83 bits per heavy atom. The van der Waals surface area contributed by atoms with E-state index in [4.69, 9.17) is 10.5 Å². The SMILES string of the molecule is COc1ccc2nccc(C3CCN(NC(N)=O)C(Cc4ccccc4)C3)c2c1. The lowest BCUT2D eigenvalue weighted by Gasteiger charge is -2.39. The van der Waals surface area contributed by atoms with Crippen molar-refractivity contribution in [1.29, 1.82) is 0 Å². The third kappa shape index (κ3) is 4.32. The Hall–Kier alpha value is -3.12. The topological polar surface area (TPSA) is 80.5 Å². The van der Waals surface area contributed by atoms with E-state index in [0.717, 1.165) is 42.5 Å². The summed E-state index contributed by atoms with van der Waals surface area (Å²) in [5.41, 5.74) is 11.7. The molecule has 2 heterocycles. The summed E-state index contributed by atoms with van der Waals surface area (Å²) < 4.78 is 5.43. The molecular weight excluding hydrogens is 364 g/mol. The number of pyridine rings is 1. The second-order valence-electron chi connectivity index (χ2n) is 7.52. The van der Waals surface area contributed by atoms with Crippen molar-refractivity contribution in [3.05, 3.63) is 71.9 Å². The molecule has 2 unspecified atom stereocenters. The van der Waals surface area contributed by atoms with Gasteiger partial charge in [-0.15, -0.1) is 0 Å². The van der Waals surface area contributed by atoms with E-state index in [9.17, 15) is 4.79 Å². The van der Waals surface area contributed by atoms with Crippen molar-refractivity contribution >= 4 is 16.9 Å². The largest absolute Gasteiger partial charge is 0.497 e. The molecular formula is C23H26N4O2. The molecule has 1 aromatic heterocycles. The summed E-state index contributed by atoms with van der Waals surface area (Å²) in [5, 5.41) is 3.13. The summed E-state index contributed by atoms with van der Waals surface area (Å²) >= 11 is 0. The number of piperidine rings is 1. The van der Waals surface area contributed by atoms with Gasteiger partial charge in [-0.1, -0.05) is 30.3 Å². The summed E-state index contributed by atoms with van der Waals surface area (Å²) in [5.74, 6) is 1.20. The minimum absolute atomic E-state index is 0.164. The lowest BCUT2D eigenvalue weighted by molar-refractivity contribution is 0.0898. The third-order valence-electron chi connectivity index (χ3n) is 5.71. The number of hydrogen-bond acceptors (Lipinski definition) is 4.